The van der Waals surface area contributed by atoms with Gasteiger partial charge in [-0.2, -0.15) is 0 Å². The number of anilines is 1. The number of aromatic nitrogens is 2. The number of carboxylic acids is 1. The molecule has 0 spiro atoms. The predicted molar refractivity (Wildman–Crippen MR) is 81.7 cm³/mol. The van der Waals surface area contributed by atoms with Crippen LogP contribution >= 0.6 is 0 Å². The average molecular weight is 285 g/mol. The molecule has 110 valence electrons. The zero-order chi connectivity index (χ0) is 15.2. The van der Waals surface area contributed by atoms with Crippen molar-refractivity contribution in [1.29, 1.82) is 0 Å². The second-order valence-corrected chi connectivity index (χ2v) is 5.12. The fourth-order valence-electron chi connectivity index (χ4n) is 2.06. The standard InChI is InChI=1S/C16H19N3O2/c1-11(2)14-9-15(19-10-18-14)17-8-7-12-5-3-4-6-13(12)16(20)21/h3-6,9-11H,7-8H2,1-2H3,(H,20,21)(H,17,18,19). The molecule has 2 aromatic rings. The van der Waals surface area contributed by atoms with E-state index in [4.69, 9.17) is 5.11 Å². The molecule has 1 aromatic heterocycles. The highest BCUT2D eigenvalue weighted by Gasteiger charge is 2.08. The van der Waals surface area contributed by atoms with Crippen LogP contribution in [-0.2, 0) is 6.42 Å². The first-order chi connectivity index (χ1) is 10.1. The van der Waals surface area contributed by atoms with Crippen molar-refractivity contribution in [1.82, 2.24) is 9.97 Å². The Labute approximate surface area is 124 Å². The van der Waals surface area contributed by atoms with E-state index < -0.39 is 5.97 Å². The molecule has 5 heteroatoms. The molecular weight excluding hydrogens is 266 g/mol. The fraction of sp³-hybridized carbons (Fsp3) is 0.312. The van der Waals surface area contributed by atoms with Gasteiger partial charge in [0.2, 0.25) is 0 Å². The van der Waals surface area contributed by atoms with Crippen LogP contribution in [0.4, 0.5) is 5.82 Å². The van der Waals surface area contributed by atoms with Crippen molar-refractivity contribution in [3.63, 3.8) is 0 Å². The molecule has 1 aromatic carbocycles. The lowest BCUT2D eigenvalue weighted by atomic mass is 10.0. The number of benzene rings is 1. The summed E-state index contributed by atoms with van der Waals surface area (Å²) < 4.78 is 0. The Morgan fingerprint density at radius 1 is 1.29 bits per heavy atom. The van der Waals surface area contributed by atoms with E-state index >= 15 is 0 Å². The Morgan fingerprint density at radius 2 is 2.05 bits per heavy atom. The second kappa shape index (κ2) is 6.83. The smallest absolute Gasteiger partial charge is 0.335 e. The van der Waals surface area contributed by atoms with Crippen molar-refractivity contribution in [2.45, 2.75) is 26.2 Å². The van der Waals surface area contributed by atoms with E-state index in [0.717, 1.165) is 17.1 Å². The molecule has 2 rings (SSSR count). The average Bonchev–Trinajstić information content (AvgIpc) is 2.48. The molecule has 0 atom stereocenters. The van der Waals surface area contributed by atoms with Gasteiger partial charge in [0.25, 0.3) is 0 Å². The predicted octanol–water partition coefficient (Wildman–Crippen LogP) is 2.95. The number of rotatable bonds is 6. The Kier molecular flexibility index (Phi) is 4.87. The third kappa shape index (κ3) is 4.02. The zero-order valence-electron chi connectivity index (χ0n) is 12.2. The number of nitrogens with zero attached hydrogens (tertiary/aromatic N) is 2. The number of nitrogens with one attached hydrogen (secondary N) is 1. The van der Waals surface area contributed by atoms with Crippen LogP contribution < -0.4 is 5.32 Å². The van der Waals surface area contributed by atoms with Gasteiger partial charge in [0.1, 0.15) is 12.1 Å². The van der Waals surface area contributed by atoms with Gasteiger partial charge in [-0.25, -0.2) is 14.8 Å². The van der Waals surface area contributed by atoms with Crippen LogP contribution in [0.1, 0.15) is 41.4 Å². The Morgan fingerprint density at radius 3 is 2.76 bits per heavy atom. The van der Waals surface area contributed by atoms with Crippen LogP contribution in [0.25, 0.3) is 0 Å². The summed E-state index contributed by atoms with van der Waals surface area (Å²) >= 11 is 0. The van der Waals surface area contributed by atoms with Gasteiger partial charge in [-0.15, -0.1) is 0 Å². The largest absolute Gasteiger partial charge is 0.478 e. The molecular formula is C16H19N3O2. The third-order valence-corrected chi connectivity index (χ3v) is 3.23. The molecule has 0 unspecified atom stereocenters. The van der Waals surface area contributed by atoms with Crippen molar-refractivity contribution < 1.29 is 9.90 Å². The van der Waals surface area contributed by atoms with Gasteiger partial charge in [0.05, 0.1) is 5.56 Å². The summed E-state index contributed by atoms with van der Waals surface area (Å²) in [7, 11) is 0. The molecule has 0 radical (unpaired) electrons. The van der Waals surface area contributed by atoms with Gasteiger partial charge in [0.15, 0.2) is 0 Å². The first kappa shape index (κ1) is 15.0. The van der Waals surface area contributed by atoms with Crippen molar-refractivity contribution in [3.8, 4) is 0 Å². The van der Waals surface area contributed by atoms with Gasteiger partial charge in [-0.05, 0) is 24.0 Å². The highest BCUT2D eigenvalue weighted by Crippen LogP contribution is 2.14. The topological polar surface area (TPSA) is 75.1 Å². The van der Waals surface area contributed by atoms with Gasteiger partial charge in [-0.1, -0.05) is 32.0 Å². The quantitative estimate of drug-likeness (QED) is 0.853. The van der Waals surface area contributed by atoms with E-state index in [1.54, 1.807) is 18.5 Å². The van der Waals surface area contributed by atoms with E-state index in [2.05, 4.69) is 29.1 Å². The van der Waals surface area contributed by atoms with Gasteiger partial charge < -0.3 is 10.4 Å². The zero-order valence-corrected chi connectivity index (χ0v) is 12.2. The molecule has 0 amide bonds. The first-order valence-corrected chi connectivity index (χ1v) is 6.95. The van der Waals surface area contributed by atoms with Crippen molar-refractivity contribution in [2.75, 3.05) is 11.9 Å². The minimum absolute atomic E-state index is 0.348. The first-order valence-electron chi connectivity index (χ1n) is 6.95. The Hall–Kier alpha value is -2.43. The normalized spacial score (nSPS) is 10.6. The number of hydrogen-bond donors (Lipinski definition) is 2. The molecule has 5 nitrogen and oxygen atoms in total. The van der Waals surface area contributed by atoms with Crippen molar-refractivity contribution in [3.05, 3.63) is 53.5 Å². The fourth-order valence-corrected chi connectivity index (χ4v) is 2.06. The number of hydrogen-bond acceptors (Lipinski definition) is 4. The van der Waals surface area contributed by atoms with E-state index in [0.29, 0.717) is 24.4 Å². The highest BCUT2D eigenvalue weighted by atomic mass is 16.4. The molecule has 0 aliphatic rings. The Balaban J connectivity index is 1.99. The maximum Gasteiger partial charge on any atom is 0.335 e. The van der Waals surface area contributed by atoms with Gasteiger partial charge in [0, 0.05) is 18.3 Å². The van der Waals surface area contributed by atoms with Crippen LogP contribution in [0.15, 0.2) is 36.7 Å². The summed E-state index contributed by atoms with van der Waals surface area (Å²) in [4.78, 5) is 19.5. The molecule has 0 fully saturated rings. The molecule has 0 aliphatic heterocycles. The lowest BCUT2D eigenvalue weighted by Crippen LogP contribution is -2.10. The SMILES string of the molecule is CC(C)c1cc(NCCc2ccccc2C(=O)O)ncn1. The second-order valence-electron chi connectivity index (χ2n) is 5.12. The Bertz CT molecular complexity index is 626. The highest BCUT2D eigenvalue weighted by molar-refractivity contribution is 5.89. The molecule has 0 saturated heterocycles. The summed E-state index contributed by atoms with van der Waals surface area (Å²) in [6.45, 7) is 4.78. The number of carboxylic acid groups (broad SMARTS) is 1. The molecule has 21 heavy (non-hydrogen) atoms. The van der Waals surface area contributed by atoms with Crippen LogP contribution in [0.3, 0.4) is 0 Å². The van der Waals surface area contributed by atoms with Crippen LogP contribution in [-0.4, -0.2) is 27.6 Å². The van der Waals surface area contributed by atoms with E-state index in [9.17, 15) is 4.79 Å². The van der Waals surface area contributed by atoms with E-state index in [1.165, 1.54) is 0 Å². The van der Waals surface area contributed by atoms with E-state index in [-0.39, 0.29) is 0 Å². The molecule has 0 bridgehead atoms. The molecule has 1 heterocycles. The summed E-state index contributed by atoms with van der Waals surface area (Å²) in [6, 6.07) is 8.97. The molecule has 2 N–H and O–H groups in total. The van der Waals surface area contributed by atoms with Crippen LogP contribution in [0.5, 0.6) is 0 Å². The monoisotopic (exact) mass is 285 g/mol. The van der Waals surface area contributed by atoms with Crippen molar-refractivity contribution >= 4 is 11.8 Å². The summed E-state index contributed by atoms with van der Waals surface area (Å²) in [5.41, 5.74) is 2.15. The van der Waals surface area contributed by atoms with Gasteiger partial charge >= 0.3 is 5.97 Å². The minimum atomic E-state index is -0.894. The third-order valence-electron chi connectivity index (χ3n) is 3.23. The van der Waals surface area contributed by atoms with Crippen molar-refractivity contribution in [2.24, 2.45) is 0 Å². The minimum Gasteiger partial charge on any atom is -0.478 e. The lowest BCUT2D eigenvalue weighted by Gasteiger charge is -2.09. The van der Waals surface area contributed by atoms with E-state index in [1.807, 2.05) is 18.2 Å². The number of aromatic carboxylic acids is 1. The van der Waals surface area contributed by atoms with Crippen LogP contribution in [0, 0.1) is 0 Å². The maximum absolute atomic E-state index is 11.1. The van der Waals surface area contributed by atoms with Gasteiger partial charge in [-0.3, -0.25) is 0 Å². The summed E-state index contributed by atoms with van der Waals surface area (Å²) in [6.07, 6.45) is 2.17. The lowest BCUT2D eigenvalue weighted by molar-refractivity contribution is 0.0695. The van der Waals surface area contributed by atoms with Crippen LogP contribution in [0.2, 0.25) is 0 Å². The molecule has 0 aliphatic carbocycles. The maximum atomic E-state index is 11.1. The summed E-state index contributed by atoms with van der Waals surface area (Å²) in [5, 5.41) is 12.3. The molecule has 0 saturated carbocycles. The summed E-state index contributed by atoms with van der Waals surface area (Å²) in [5.74, 6) is 0.220. The number of carbonyl (C=O) groups is 1.